The van der Waals surface area contributed by atoms with Crippen molar-refractivity contribution in [3.63, 3.8) is 0 Å². The Labute approximate surface area is 123 Å². The molecule has 100 valence electrons. The lowest BCUT2D eigenvalue weighted by Gasteiger charge is -2.30. The van der Waals surface area contributed by atoms with Gasteiger partial charge in [0.1, 0.15) is 0 Å². The van der Waals surface area contributed by atoms with E-state index in [9.17, 15) is 0 Å². The summed E-state index contributed by atoms with van der Waals surface area (Å²) in [7, 11) is 0. The van der Waals surface area contributed by atoms with E-state index in [0.717, 1.165) is 23.2 Å². The maximum atomic E-state index is 6.06. The molecule has 1 fully saturated rings. The van der Waals surface area contributed by atoms with Crippen molar-refractivity contribution in [3.8, 4) is 0 Å². The first-order valence-electron chi connectivity index (χ1n) is 6.46. The molecular weight excluding hydrogens is 282 g/mol. The van der Waals surface area contributed by atoms with Crippen LogP contribution >= 0.6 is 35.1 Å². The second kappa shape index (κ2) is 7.68. The van der Waals surface area contributed by atoms with E-state index in [1.54, 1.807) is 0 Å². The Balaban J connectivity index is 2.00. The zero-order chi connectivity index (χ0) is 12.8. The third-order valence-corrected chi connectivity index (χ3v) is 6.26. The van der Waals surface area contributed by atoms with Crippen molar-refractivity contribution in [1.29, 1.82) is 0 Å². The summed E-state index contributed by atoms with van der Waals surface area (Å²) in [6.07, 6.45) is 1.08. The summed E-state index contributed by atoms with van der Waals surface area (Å²) < 4.78 is 0. The highest BCUT2D eigenvalue weighted by Gasteiger charge is 2.24. The van der Waals surface area contributed by atoms with Crippen LogP contribution < -0.4 is 5.32 Å². The fourth-order valence-electron chi connectivity index (χ4n) is 2.25. The van der Waals surface area contributed by atoms with Crippen LogP contribution in [-0.2, 0) is 6.42 Å². The Morgan fingerprint density at radius 1 is 1.44 bits per heavy atom. The van der Waals surface area contributed by atoms with Crippen LogP contribution in [0.5, 0.6) is 0 Å². The highest BCUT2D eigenvalue weighted by Crippen LogP contribution is 2.28. The molecule has 1 aromatic carbocycles. The van der Waals surface area contributed by atoms with Crippen molar-refractivity contribution < 1.29 is 0 Å². The monoisotopic (exact) mass is 301 g/mol. The molecule has 1 aliphatic rings. The fourth-order valence-corrected chi connectivity index (χ4v) is 5.35. The average molecular weight is 302 g/mol. The molecule has 0 aliphatic carbocycles. The second-order valence-corrected chi connectivity index (χ2v) is 7.42. The minimum atomic E-state index is 0.561. The summed E-state index contributed by atoms with van der Waals surface area (Å²) in [4.78, 5) is 0. The van der Waals surface area contributed by atoms with Gasteiger partial charge >= 0.3 is 0 Å². The van der Waals surface area contributed by atoms with Crippen LogP contribution in [0, 0.1) is 0 Å². The zero-order valence-corrected chi connectivity index (χ0v) is 13.1. The molecule has 2 unspecified atom stereocenters. The molecule has 1 nitrogen and oxygen atoms in total. The average Bonchev–Trinajstić information content (AvgIpc) is 2.39. The SMILES string of the molecule is CCNC(Cc1cccc(Cl)c1)C1CSCCS1. The van der Waals surface area contributed by atoms with E-state index in [-0.39, 0.29) is 0 Å². The molecule has 1 aromatic rings. The van der Waals surface area contributed by atoms with E-state index < -0.39 is 0 Å². The molecule has 0 bridgehead atoms. The predicted octanol–water partition coefficient (Wildman–Crippen LogP) is 3.71. The van der Waals surface area contributed by atoms with Gasteiger partial charge in [-0.25, -0.2) is 0 Å². The van der Waals surface area contributed by atoms with Crippen molar-refractivity contribution in [2.45, 2.75) is 24.6 Å². The van der Waals surface area contributed by atoms with Crippen LogP contribution in [0.25, 0.3) is 0 Å². The number of likely N-dealkylation sites (N-methyl/N-ethyl adjacent to an activating group) is 1. The minimum absolute atomic E-state index is 0.561. The molecule has 1 aliphatic heterocycles. The summed E-state index contributed by atoms with van der Waals surface area (Å²) in [5, 5.41) is 5.21. The van der Waals surface area contributed by atoms with Crippen molar-refractivity contribution in [2.24, 2.45) is 0 Å². The molecular formula is C14H20ClNS2. The number of halogens is 1. The Morgan fingerprint density at radius 3 is 3.00 bits per heavy atom. The van der Waals surface area contributed by atoms with Crippen molar-refractivity contribution >= 4 is 35.1 Å². The summed E-state index contributed by atoms with van der Waals surface area (Å²) in [5.74, 6) is 3.85. The molecule has 1 saturated heterocycles. The summed E-state index contributed by atoms with van der Waals surface area (Å²) in [6, 6.07) is 8.82. The van der Waals surface area contributed by atoms with Gasteiger partial charge < -0.3 is 5.32 Å². The Bertz CT molecular complexity index is 367. The van der Waals surface area contributed by atoms with E-state index in [1.807, 2.05) is 12.1 Å². The van der Waals surface area contributed by atoms with Gasteiger partial charge in [-0.1, -0.05) is 30.7 Å². The smallest absolute Gasteiger partial charge is 0.0408 e. The van der Waals surface area contributed by atoms with Crippen LogP contribution in [0.4, 0.5) is 0 Å². The van der Waals surface area contributed by atoms with Crippen LogP contribution in [0.1, 0.15) is 12.5 Å². The maximum Gasteiger partial charge on any atom is 0.0408 e. The lowest BCUT2D eigenvalue weighted by Crippen LogP contribution is -2.42. The number of nitrogens with one attached hydrogen (secondary N) is 1. The number of hydrogen-bond donors (Lipinski definition) is 1. The lowest BCUT2D eigenvalue weighted by atomic mass is 10.0. The van der Waals surface area contributed by atoms with Gasteiger partial charge in [-0.3, -0.25) is 0 Å². The van der Waals surface area contributed by atoms with E-state index >= 15 is 0 Å². The molecule has 1 heterocycles. The molecule has 18 heavy (non-hydrogen) atoms. The zero-order valence-electron chi connectivity index (χ0n) is 10.7. The quantitative estimate of drug-likeness (QED) is 0.890. The van der Waals surface area contributed by atoms with Crippen molar-refractivity contribution in [1.82, 2.24) is 5.32 Å². The van der Waals surface area contributed by atoms with Crippen molar-refractivity contribution in [3.05, 3.63) is 34.9 Å². The summed E-state index contributed by atoms with van der Waals surface area (Å²) in [6.45, 7) is 3.22. The van der Waals surface area contributed by atoms with Gasteiger partial charge in [-0.2, -0.15) is 23.5 Å². The Hall–Kier alpha value is 0.170. The Kier molecular flexibility index (Phi) is 6.22. The summed E-state index contributed by atoms with van der Waals surface area (Å²) >= 11 is 10.3. The molecule has 1 N–H and O–H groups in total. The van der Waals surface area contributed by atoms with E-state index in [2.05, 4.69) is 47.9 Å². The lowest BCUT2D eigenvalue weighted by molar-refractivity contribution is 0.522. The molecule has 0 radical (unpaired) electrons. The fraction of sp³-hybridized carbons (Fsp3) is 0.571. The molecule has 0 saturated carbocycles. The second-order valence-electron chi connectivity index (χ2n) is 4.48. The highest BCUT2D eigenvalue weighted by molar-refractivity contribution is 8.06. The van der Waals surface area contributed by atoms with Gasteiger partial charge in [0.25, 0.3) is 0 Å². The first-order valence-corrected chi connectivity index (χ1v) is 9.05. The van der Waals surface area contributed by atoms with Crippen LogP contribution in [0.2, 0.25) is 5.02 Å². The van der Waals surface area contributed by atoms with Gasteiger partial charge in [-0.15, -0.1) is 0 Å². The normalized spacial score (nSPS) is 21.8. The molecule has 4 heteroatoms. The van der Waals surface area contributed by atoms with Gasteiger partial charge in [0.05, 0.1) is 0 Å². The highest BCUT2D eigenvalue weighted by atomic mass is 35.5. The maximum absolute atomic E-state index is 6.06. The van der Waals surface area contributed by atoms with E-state index in [0.29, 0.717) is 6.04 Å². The number of rotatable bonds is 5. The first kappa shape index (κ1) is 14.6. The number of benzene rings is 1. The number of thioether (sulfide) groups is 2. The van der Waals surface area contributed by atoms with Crippen molar-refractivity contribution in [2.75, 3.05) is 23.8 Å². The molecule has 0 spiro atoms. The minimum Gasteiger partial charge on any atom is -0.313 e. The predicted molar refractivity (Wildman–Crippen MR) is 86.2 cm³/mol. The standard InChI is InChI=1S/C14H20ClNS2/c1-2-16-13(14-10-17-6-7-18-14)9-11-4-3-5-12(15)8-11/h3-5,8,13-14,16H,2,6-7,9-10H2,1H3. The summed E-state index contributed by atoms with van der Waals surface area (Å²) in [5.41, 5.74) is 1.34. The third kappa shape index (κ3) is 4.37. The van der Waals surface area contributed by atoms with E-state index in [1.165, 1.54) is 22.8 Å². The third-order valence-electron chi connectivity index (χ3n) is 3.10. The van der Waals surface area contributed by atoms with Crippen LogP contribution in [-0.4, -0.2) is 35.1 Å². The molecule has 2 atom stereocenters. The first-order chi connectivity index (χ1) is 8.79. The molecule has 2 rings (SSSR count). The molecule has 0 amide bonds. The molecule has 0 aromatic heterocycles. The van der Waals surface area contributed by atoms with Gasteiger partial charge in [-0.05, 0) is 30.7 Å². The van der Waals surface area contributed by atoms with Gasteiger partial charge in [0, 0.05) is 33.6 Å². The van der Waals surface area contributed by atoms with Gasteiger partial charge in [0.15, 0.2) is 0 Å². The van der Waals surface area contributed by atoms with Gasteiger partial charge in [0.2, 0.25) is 0 Å². The number of hydrogen-bond acceptors (Lipinski definition) is 3. The van der Waals surface area contributed by atoms with Crippen LogP contribution in [0.15, 0.2) is 24.3 Å². The topological polar surface area (TPSA) is 12.0 Å². The van der Waals surface area contributed by atoms with Crippen LogP contribution in [0.3, 0.4) is 0 Å². The Morgan fingerprint density at radius 2 is 2.33 bits per heavy atom. The van der Waals surface area contributed by atoms with E-state index in [4.69, 9.17) is 11.6 Å². The largest absolute Gasteiger partial charge is 0.313 e.